The van der Waals surface area contributed by atoms with Crippen molar-refractivity contribution in [2.75, 3.05) is 33.8 Å². The van der Waals surface area contributed by atoms with E-state index in [1.165, 1.54) is 19.3 Å². The van der Waals surface area contributed by atoms with Gasteiger partial charge in [0, 0.05) is 24.2 Å². The highest BCUT2D eigenvalue weighted by Crippen LogP contribution is 2.35. The second kappa shape index (κ2) is 6.17. The van der Waals surface area contributed by atoms with Crippen molar-refractivity contribution in [2.24, 2.45) is 0 Å². The van der Waals surface area contributed by atoms with E-state index in [4.69, 9.17) is 4.74 Å². The second-order valence-corrected chi connectivity index (χ2v) is 4.90. The third kappa shape index (κ3) is 3.54. The van der Waals surface area contributed by atoms with Crippen molar-refractivity contribution in [3.05, 3.63) is 12.2 Å². The third-order valence-electron chi connectivity index (χ3n) is 3.59. The van der Waals surface area contributed by atoms with Gasteiger partial charge in [-0.05, 0) is 40.3 Å². The molecule has 1 saturated carbocycles. The van der Waals surface area contributed by atoms with Gasteiger partial charge in [0.05, 0.1) is 6.61 Å². The average molecular weight is 240 g/mol. The molecule has 98 valence electrons. The maximum absolute atomic E-state index is 11.3. The molecule has 0 aliphatic heterocycles. The van der Waals surface area contributed by atoms with Crippen molar-refractivity contribution in [1.29, 1.82) is 0 Å². The maximum atomic E-state index is 11.3. The molecule has 1 aliphatic rings. The van der Waals surface area contributed by atoms with Gasteiger partial charge in [-0.25, -0.2) is 4.79 Å². The molecule has 0 saturated heterocycles. The van der Waals surface area contributed by atoms with Crippen molar-refractivity contribution in [2.45, 2.75) is 31.7 Å². The lowest BCUT2D eigenvalue weighted by Crippen LogP contribution is -2.56. The number of hydrogen-bond acceptors (Lipinski definition) is 4. The Hall–Kier alpha value is -0.870. The van der Waals surface area contributed by atoms with Crippen LogP contribution in [-0.2, 0) is 9.53 Å². The molecule has 17 heavy (non-hydrogen) atoms. The summed E-state index contributed by atoms with van der Waals surface area (Å²) >= 11 is 0. The van der Waals surface area contributed by atoms with Gasteiger partial charge >= 0.3 is 5.97 Å². The Morgan fingerprint density at radius 3 is 2.53 bits per heavy atom. The van der Waals surface area contributed by atoms with Crippen LogP contribution in [0, 0.1) is 0 Å². The van der Waals surface area contributed by atoms with Crippen molar-refractivity contribution in [1.82, 2.24) is 10.2 Å². The highest BCUT2D eigenvalue weighted by molar-refractivity contribution is 5.88. The van der Waals surface area contributed by atoms with Crippen LogP contribution in [0.15, 0.2) is 12.2 Å². The molecule has 0 aromatic heterocycles. The minimum Gasteiger partial charge on any atom is -0.463 e. The lowest BCUT2D eigenvalue weighted by molar-refractivity contribution is -0.138. The molecule has 1 fully saturated rings. The molecule has 0 aromatic carbocycles. The number of nitrogens with one attached hydrogen (secondary N) is 1. The van der Waals surface area contributed by atoms with Gasteiger partial charge in [0.1, 0.15) is 0 Å². The third-order valence-corrected chi connectivity index (χ3v) is 3.59. The number of carbonyl (C=O) groups excluding carboxylic acids is 1. The fraction of sp³-hybridized carbons (Fsp3) is 0.769. The predicted molar refractivity (Wildman–Crippen MR) is 68.9 cm³/mol. The van der Waals surface area contributed by atoms with Crippen LogP contribution in [-0.4, -0.2) is 50.2 Å². The zero-order chi connectivity index (χ0) is 12.9. The summed E-state index contributed by atoms with van der Waals surface area (Å²) in [7, 11) is 4.22. The number of nitrogens with zero attached hydrogens (tertiary/aromatic N) is 1. The normalized spacial score (nSPS) is 17.6. The van der Waals surface area contributed by atoms with Gasteiger partial charge in [-0.2, -0.15) is 0 Å². The van der Waals surface area contributed by atoms with Gasteiger partial charge in [-0.1, -0.05) is 6.58 Å². The lowest BCUT2D eigenvalue weighted by atomic mass is 9.75. The standard InChI is InChI=1S/C13H24N2O2/c1-5-17-12(16)11(2)9-14-10-13(15(3)4)7-6-8-13/h14H,2,5-10H2,1,3-4H3. The highest BCUT2D eigenvalue weighted by Gasteiger charge is 2.38. The SMILES string of the molecule is C=C(CNCC1(N(C)C)CCC1)C(=O)OCC. The molecule has 4 nitrogen and oxygen atoms in total. The molecule has 0 radical (unpaired) electrons. The summed E-state index contributed by atoms with van der Waals surface area (Å²) in [6.45, 7) is 7.34. The average Bonchev–Trinajstić information content (AvgIpc) is 2.21. The smallest absolute Gasteiger partial charge is 0.334 e. The summed E-state index contributed by atoms with van der Waals surface area (Å²) < 4.78 is 4.89. The molecule has 1 aliphatic carbocycles. The van der Waals surface area contributed by atoms with Crippen LogP contribution in [0.2, 0.25) is 0 Å². The van der Waals surface area contributed by atoms with E-state index < -0.39 is 0 Å². The Kier molecular flexibility index (Phi) is 5.15. The first kappa shape index (κ1) is 14.2. The zero-order valence-corrected chi connectivity index (χ0v) is 11.2. The van der Waals surface area contributed by atoms with Crippen LogP contribution in [0.4, 0.5) is 0 Å². The van der Waals surface area contributed by atoms with Gasteiger partial charge < -0.3 is 15.0 Å². The Balaban J connectivity index is 2.27. The van der Waals surface area contributed by atoms with Gasteiger partial charge in [0.25, 0.3) is 0 Å². The van der Waals surface area contributed by atoms with E-state index in [-0.39, 0.29) is 11.5 Å². The van der Waals surface area contributed by atoms with Crippen LogP contribution < -0.4 is 5.32 Å². The van der Waals surface area contributed by atoms with E-state index in [2.05, 4.69) is 30.9 Å². The fourth-order valence-electron chi connectivity index (χ4n) is 2.12. The van der Waals surface area contributed by atoms with Crippen LogP contribution in [0.5, 0.6) is 0 Å². The Morgan fingerprint density at radius 2 is 2.12 bits per heavy atom. The van der Waals surface area contributed by atoms with E-state index >= 15 is 0 Å². The highest BCUT2D eigenvalue weighted by atomic mass is 16.5. The Morgan fingerprint density at radius 1 is 1.47 bits per heavy atom. The largest absolute Gasteiger partial charge is 0.463 e. The number of ether oxygens (including phenoxy) is 1. The van der Waals surface area contributed by atoms with Crippen LogP contribution in [0.1, 0.15) is 26.2 Å². The minimum absolute atomic E-state index is 0.273. The van der Waals surface area contributed by atoms with E-state index in [9.17, 15) is 4.79 Å². The lowest BCUT2D eigenvalue weighted by Gasteiger charge is -2.47. The van der Waals surface area contributed by atoms with Crippen molar-refractivity contribution < 1.29 is 9.53 Å². The van der Waals surface area contributed by atoms with Crippen molar-refractivity contribution >= 4 is 5.97 Å². The van der Waals surface area contributed by atoms with Gasteiger partial charge in [-0.3, -0.25) is 0 Å². The topological polar surface area (TPSA) is 41.6 Å². The summed E-state index contributed by atoms with van der Waals surface area (Å²) in [6.07, 6.45) is 3.73. The fourth-order valence-corrected chi connectivity index (χ4v) is 2.12. The minimum atomic E-state index is -0.299. The monoisotopic (exact) mass is 240 g/mol. The molecule has 4 heteroatoms. The van der Waals surface area contributed by atoms with Crippen LogP contribution >= 0.6 is 0 Å². The summed E-state index contributed by atoms with van der Waals surface area (Å²) in [4.78, 5) is 13.6. The summed E-state index contributed by atoms with van der Waals surface area (Å²) in [6, 6.07) is 0. The van der Waals surface area contributed by atoms with E-state index in [1.807, 2.05) is 0 Å². The molecular weight excluding hydrogens is 216 g/mol. The van der Waals surface area contributed by atoms with E-state index in [1.54, 1.807) is 6.92 Å². The number of esters is 1. The summed E-state index contributed by atoms with van der Waals surface area (Å²) in [5, 5.41) is 3.31. The van der Waals surface area contributed by atoms with E-state index in [0.29, 0.717) is 18.7 Å². The molecule has 0 unspecified atom stereocenters. The number of rotatable bonds is 7. The number of hydrogen-bond donors (Lipinski definition) is 1. The quantitative estimate of drug-likeness (QED) is 0.536. The predicted octanol–water partition coefficient (Wildman–Crippen LogP) is 1.18. The summed E-state index contributed by atoms with van der Waals surface area (Å²) in [5.74, 6) is -0.299. The second-order valence-electron chi connectivity index (χ2n) is 4.90. The van der Waals surface area contributed by atoms with Crippen LogP contribution in [0.3, 0.4) is 0 Å². The molecule has 0 aromatic rings. The molecule has 0 spiro atoms. The van der Waals surface area contributed by atoms with Crippen LogP contribution in [0.25, 0.3) is 0 Å². The molecule has 1 rings (SSSR count). The Labute approximate surface area is 104 Å². The first-order chi connectivity index (χ1) is 8.02. The number of carbonyl (C=O) groups is 1. The molecular formula is C13H24N2O2. The van der Waals surface area contributed by atoms with Crippen molar-refractivity contribution in [3.63, 3.8) is 0 Å². The van der Waals surface area contributed by atoms with Gasteiger partial charge in [0.15, 0.2) is 0 Å². The van der Waals surface area contributed by atoms with Gasteiger partial charge in [-0.15, -0.1) is 0 Å². The number of likely N-dealkylation sites (N-methyl/N-ethyl adjacent to an activating group) is 1. The first-order valence-corrected chi connectivity index (χ1v) is 6.25. The maximum Gasteiger partial charge on any atom is 0.334 e. The van der Waals surface area contributed by atoms with Gasteiger partial charge in [0.2, 0.25) is 0 Å². The Bertz CT molecular complexity index is 283. The molecule has 0 atom stereocenters. The molecule has 0 bridgehead atoms. The molecule has 0 heterocycles. The van der Waals surface area contributed by atoms with E-state index in [0.717, 1.165) is 6.54 Å². The first-order valence-electron chi connectivity index (χ1n) is 6.25. The molecule has 0 amide bonds. The van der Waals surface area contributed by atoms with Crippen molar-refractivity contribution in [3.8, 4) is 0 Å². The zero-order valence-electron chi connectivity index (χ0n) is 11.2. The molecule has 1 N–H and O–H groups in total. The summed E-state index contributed by atoms with van der Waals surface area (Å²) in [5.41, 5.74) is 0.773.